The van der Waals surface area contributed by atoms with Crippen molar-refractivity contribution in [2.24, 2.45) is 5.73 Å². The highest BCUT2D eigenvalue weighted by atomic mass is 35.5. The molecule has 0 radical (unpaired) electrons. The summed E-state index contributed by atoms with van der Waals surface area (Å²) in [6, 6.07) is 4.43. The molecule has 4 N–H and O–H groups in total. The molecule has 2 aromatic heterocycles. The monoisotopic (exact) mass is 592 g/mol. The second-order valence-electron chi connectivity index (χ2n) is 10.0. The lowest BCUT2D eigenvalue weighted by molar-refractivity contribution is -0.142. The van der Waals surface area contributed by atoms with E-state index in [2.05, 4.69) is 20.4 Å². The van der Waals surface area contributed by atoms with E-state index < -0.39 is 17.8 Å². The molecule has 3 heterocycles. The van der Waals surface area contributed by atoms with Crippen molar-refractivity contribution in [2.45, 2.75) is 37.9 Å². The van der Waals surface area contributed by atoms with Gasteiger partial charge in [-0.3, -0.25) is 19.1 Å². The number of nitrogens with two attached hydrogens (primary N) is 1. The van der Waals surface area contributed by atoms with Crippen molar-refractivity contribution in [2.75, 3.05) is 38.0 Å². The Morgan fingerprint density at radius 2 is 1.83 bits per heavy atom. The number of anilines is 1. The second kappa shape index (κ2) is 11.5. The molecule has 2 aliphatic rings. The summed E-state index contributed by atoms with van der Waals surface area (Å²) in [7, 11) is 0. The molecule has 15 heteroatoms. The van der Waals surface area contributed by atoms with Gasteiger partial charge in [0, 0.05) is 74.9 Å². The highest BCUT2D eigenvalue weighted by Gasteiger charge is 2.39. The van der Waals surface area contributed by atoms with Crippen LogP contribution in [-0.4, -0.2) is 80.0 Å². The lowest BCUT2D eigenvalue weighted by atomic mass is 10.1. The fraction of sp³-hybridized carbons (Fsp3) is 0.423. The summed E-state index contributed by atoms with van der Waals surface area (Å²) < 4.78 is 41.8. The summed E-state index contributed by atoms with van der Waals surface area (Å²) in [5.41, 5.74) is 5.36. The van der Waals surface area contributed by atoms with Gasteiger partial charge in [0.25, 0.3) is 11.8 Å². The Morgan fingerprint density at radius 1 is 1.12 bits per heavy atom. The van der Waals surface area contributed by atoms with Crippen molar-refractivity contribution in [1.29, 1.82) is 0 Å². The molecule has 0 unspecified atom stereocenters. The Labute approximate surface area is 237 Å². The van der Waals surface area contributed by atoms with E-state index in [0.717, 1.165) is 12.8 Å². The van der Waals surface area contributed by atoms with E-state index in [1.165, 1.54) is 35.3 Å². The molecule has 1 aromatic carbocycles. The van der Waals surface area contributed by atoms with Crippen LogP contribution in [0, 0.1) is 0 Å². The quantitative estimate of drug-likeness (QED) is 0.367. The topological polar surface area (TPSA) is 142 Å². The highest BCUT2D eigenvalue weighted by molar-refractivity contribution is 6.34. The third kappa shape index (κ3) is 6.54. The number of carbonyl (C=O) groups is 3. The number of halogens is 4. The minimum atomic E-state index is -4.60. The van der Waals surface area contributed by atoms with Crippen LogP contribution in [0.1, 0.15) is 63.2 Å². The normalized spacial score (nSPS) is 15.7. The smallest absolute Gasteiger partial charge is 0.339 e. The summed E-state index contributed by atoms with van der Waals surface area (Å²) in [6.45, 7) is 1.80. The summed E-state index contributed by atoms with van der Waals surface area (Å²) in [5.74, 6) is -1.06. The second-order valence-corrected chi connectivity index (χ2v) is 10.4. The largest absolute Gasteiger partial charge is 0.435 e. The van der Waals surface area contributed by atoms with Crippen molar-refractivity contribution in [3.63, 3.8) is 0 Å². The number of nitrogens with zero attached hydrogens (tertiary/aromatic N) is 5. The number of nitrogens with one attached hydrogen (secondary N) is 2. The number of amides is 3. The van der Waals surface area contributed by atoms with Crippen LogP contribution >= 0.6 is 11.6 Å². The van der Waals surface area contributed by atoms with Gasteiger partial charge in [0.2, 0.25) is 5.91 Å². The molecule has 5 rings (SSSR count). The van der Waals surface area contributed by atoms with Gasteiger partial charge in [-0.25, -0.2) is 4.98 Å². The van der Waals surface area contributed by atoms with Gasteiger partial charge in [0.1, 0.15) is 0 Å². The van der Waals surface area contributed by atoms with Crippen LogP contribution in [0.4, 0.5) is 18.9 Å². The number of aromatic amines is 1. The number of carbonyl (C=O) groups excluding carboxylic acids is 3. The molecule has 1 saturated carbocycles. The van der Waals surface area contributed by atoms with E-state index >= 15 is 0 Å². The fourth-order valence-electron chi connectivity index (χ4n) is 4.66. The maximum absolute atomic E-state index is 13.5. The van der Waals surface area contributed by atoms with Gasteiger partial charge in [0.05, 0.1) is 16.6 Å². The van der Waals surface area contributed by atoms with Crippen LogP contribution in [0.15, 0.2) is 30.6 Å². The molecule has 2 fully saturated rings. The van der Waals surface area contributed by atoms with Crippen molar-refractivity contribution in [3.8, 4) is 0 Å². The summed E-state index contributed by atoms with van der Waals surface area (Å²) >= 11 is 6.37. The molecular weight excluding hydrogens is 565 g/mol. The predicted molar refractivity (Wildman–Crippen MR) is 142 cm³/mol. The first-order chi connectivity index (χ1) is 19.5. The fourth-order valence-corrected chi connectivity index (χ4v) is 4.92. The van der Waals surface area contributed by atoms with Gasteiger partial charge in [-0.2, -0.15) is 18.3 Å². The Kier molecular flexibility index (Phi) is 8.04. The van der Waals surface area contributed by atoms with Crippen molar-refractivity contribution < 1.29 is 27.6 Å². The zero-order chi connectivity index (χ0) is 29.3. The van der Waals surface area contributed by atoms with E-state index in [0.29, 0.717) is 37.6 Å². The van der Waals surface area contributed by atoms with Gasteiger partial charge in [-0.05, 0) is 31.0 Å². The maximum atomic E-state index is 13.5. The van der Waals surface area contributed by atoms with Crippen LogP contribution < -0.4 is 11.1 Å². The van der Waals surface area contributed by atoms with E-state index in [4.69, 9.17) is 17.3 Å². The highest BCUT2D eigenvalue weighted by Crippen LogP contribution is 2.38. The molecule has 1 saturated heterocycles. The van der Waals surface area contributed by atoms with Gasteiger partial charge in [-0.15, -0.1) is 0 Å². The maximum Gasteiger partial charge on any atom is 0.435 e. The molecule has 0 atom stereocenters. The van der Waals surface area contributed by atoms with Gasteiger partial charge in [-0.1, -0.05) is 11.6 Å². The molecule has 3 aromatic rings. The first-order valence-electron chi connectivity index (χ1n) is 13.1. The number of alkyl halides is 3. The van der Waals surface area contributed by atoms with Gasteiger partial charge >= 0.3 is 6.18 Å². The lowest BCUT2D eigenvalue weighted by Crippen LogP contribution is -2.50. The molecule has 0 spiro atoms. The van der Waals surface area contributed by atoms with E-state index in [1.54, 1.807) is 9.80 Å². The first-order valence-corrected chi connectivity index (χ1v) is 13.5. The number of piperazine rings is 1. The Hall–Kier alpha value is -3.91. The molecule has 11 nitrogen and oxygen atoms in total. The molecular formula is C26H28ClF3N8O3. The zero-order valence-electron chi connectivity index (χ0n) is 21.9. The minimum absolute atomic E-state index is 0.00406. The molecule has 1 aliphatic heterocycles. The summed E-state index contributed by atoms with van der Waals surface area (Å²) in [4.78, 5) is 47.8. The Bertz CT molecular complexity index is 1460. The molecule has 3 amide bonds. The predicted octanol–water partition coefficient (Wildman–Crippen LogP) is 3.09. The van der Waals surface area contributed by atoms with Crippen LogP contribution in [0.3, 0.4) is 0 Å². The van der Waals surface area contributed by atoms with Crippen LogP contribution in [0.2, 0.25) is 5.02 Å². The number of hydrogen-bond acceptors (Lipinski definition) is 6. The van der Waals surface area contributed by atoms with Gasteiger partial charge in [0.15, 0.2) is 11.5 Å². The number of rotatable bonds is 8. The van der Waals surface area contributed by atoms with E-state index in [1.807, 2.05) is 0 Å². The molecule has 218 valence electrons. The Balaban J connectivity index is 1.20. The van der Waals surface area contributed by atoms with Crippen molar-refractivity contribution in [1.82, 2.24) is 29.5 Å². The average Bonchev–Trinajstić information content (AvgIpc) is 3.52. The SMILES string of the molecule is NCCC(=O)N1CCN(C(=O)c2ccc(NC(=O)c3ncc(Cc4cn(C5CC5)nc4C(F)(F)F)[nH]3)cc2Cl)CC1. The standard InChI is InChI=1S/C26H28ClF3N8O3/c27-20-12-16(1-4-19(20)25(41)37-9-7-36(8-10-37)21(39)5-6-31)34-24(40)23-32-13-17(33-23)11-15-14-38(18-2-3-18)35-22(15)26(28,29)30/h1,4,12-14,18H,2-3,5-11,31H2,(H,32,33)(H,34,40). The van der Waals surface area contributed by atoms with E-state index in [-0.39, 0.29) is 59.2 Å². The number of H-pyrrole nitrogens is 1. The number of aromatic nitrogens is 4. The average molecular weight is 593 g/mol. The van der Waals surface area contributed by atoms with Crippen LogP contribution in [0.25, 0.3) is 0 Å². The first kappa shape index (κ1) is 28.6. The van der Waals surface area contributed by atoms with Crippen LogP contribution in [0.5, 0.6) is 0 Å². The van der Waals surface area contributed by atoms with Crippen molar-refractivity contribution in [3.05, 3.63) is 64.0 Å². The molecule has 0 bridgehead atoms. The molecule has 41 heavy (non-hydrogen) atoms. The molecule has 1 aliphatic carbocycles. The zero-order valence-corrected chi connectivity index (χ0v) is 22.6. The third-order valence-corrected chi connectivity index (χ3v) is 7.27. The van der Waals surface area contributed by atoms with Gasteiger partial charge < -0.3 is 25.8 Å². The third-order valence-electron chi connectivity index (χ3n) is 6.96. The van der Waals surface area contributed by atoms with E-state index in [9.17, 15) is 27.6 Å². The summed E-state index contributed by atoms with van der Waals surface area (Å²) in [5, 5.41) is 6.48. The van der Waals surface area contributed by atoms with Crippen LogP contribution in [-0.2, 0) is 17.4 Å². The Morgan fingerprint density at radius 3 is 2.46 bits per heavy atom. The summed E-state index contributed by atoms with van der Waals surface area (Å²) in [6.07, 6.45) is -0.173. The number of hydrogen-bond donors (Lipinski definition) is 3. The minimum Gasteiger partial charge on any atom is -0.339 e. The number of benzene rings is 1. The lowest BCUT2D eigenvalue weighted by Gasteiger charge is -2.35. The van der Waals surface area contributed by atoms with Crippen molar-refractivity contribution >= 4 is 35.0 Å². The number of imidazole rings is 1.